The van der Waals surface area contributed by atoms with Crippen molar-refractivity contribution in [3.63, 3.8) is 0 Å². The van der Waals surface area contributed by atoms with Crippen LogP contribution in [0.2, 0.25) is 5.02 Å². The quantitative estimate of drug-likeness (QED) is 0.930. The van der Waals surface area contributed by atoms with E-state index in [9.17, 15) is 4.39 Å². The Bertz CT molecular complexity index is 528. The molecule has 0 saturated heterocycles. The van der Waals surface area contributed by atoms with E-state index in [0.29, 0.717) is 26.8 Å². The van der Waals surface area contributed by atoms with Gasteiger partial charge in [0.05, 0.1) is 15.2 Å². The van der Waals surface area contributed by atoms with Crippen LogP contribution in [0, 0.1) is 5.82 Å². The zero-order chi connectivity index (χ0) is 13.1. The summed E-state index contributed by atoms with van der Waals surface area (Å²) in [4.78, 5) is 4.05. The largest absolute Gasteiger partial charge is 0.486 e. The molecule has 18 heavy (non-hydrogen) atoms. The summed E-state index contributed by atoms with van der Waals surface area (Å²) in [6.45, 7) is 0.117. The maximum absolute atomic E-state index is 13.1. The summed E-state index contributed by atoms with van der Waals surface area (Å²) in [5.74, 6) is 0.367. The fourth-order valence-corrected chi connectivity index (χ4v) is 1.86. The average Bonchev–Trinajstić information content (AvgIpc) is 2.34. The number of halogens is 3. The normalized spacial score (nSPS) is 10.4. The standard InChI is InChI=1S/C12H9BrClFN2O/c13-8-2-1-7(15)5-11(8)18-6-10-9(14)3-4-12(16)17-10/h1-5H,6H2,(H2,16,17). The van der Waals surface area contributed by atoms with Crippen molar-refractivity contribution in [3.8, 4) is 5.75 Å². The molecule has 0 aliphatic carbocycles. The number of rotatable bonds is 3. The van der Waals surface area contributed by atoms with Crippen molar-refractivity contribution in [2.24, 2.45) is 0 Å². The van der Waals surface area contributed by atoms with E-state index in [2.05, 4.69) is 20.9 Å². The molecule has 2 aromatic rings. The van der Waals surface area contributed by atoms with Crippen molar-refractivity contribution in [2.75, 3.05) is 5.73 Å². The Morgan fingerprint density at radius 3 is 2.89 bits per heavy atom. The fourth-order valence-electron chi connectivity index (χ4n) is 1.34. The lowest BCUT2D eigenvalue weighted by Gasteiger charge is -2.09. The second-order valence-corrected chi connectivity index (χ2v) is 4.79. The van der Waals surface area contributed by atoms with Gasteiger partial charge in [-0.1, -0.05) is 11.6 Å². The van der Waals surface area contributed by atoms with Gasteiger partial charge in [-0.2, -0.15) is 0 Å². The number of hydrogen-bond donors (Lipinski definition) is 1. The fraction of sp³-hybridized carbons (Fsp3) is 0.0833. The molecule has 0 radical (unpaired) electrons. The van der Waals surface area contributed by atoms with Crippen LogP contribution in [-0.2, 0) is 6.61 Å². The molecular formula is C12H9BrClFN2O. The molecule has 0 saturated carbocycles. The third kappa shape index (κ3) is 3.11. The molecule has 2 rings (SSSR count). The molecule has 0 bridgehead atoms. The molecule has 0 unspecified atom stereocenters. The van der Waals surface area contributed by atoms with Crippen molar-refractivity contribution in [1.29, 1.82) is 0 Å². The number of benzene rings is 1. The molecule has 1 aromatic carbocycles. The minimum Gasteiger partial charge on any atom is -0.486 e. The topological polar surface area (TPSA) is 48.1 Å². The van der Waals surface area contributed by atoms with Crippen molar-refractivity contribution >= 4 is 33.3 Å². The highest BCUT2D eigenvalue weighted by Crippen LogP contribution is 2.27. The zero-order valence-corrected chi connectivity index (χ0v) is 11.5. The summed E-state index contributed by atoms with van der Waals surface area (Å²) in [6.07, 6.45) is 0. The molecule has 1 heterocycles. The van der Waals surface area contributed by atoms with Crippen LogP contribution in [0.4, 0.5) is 10.2 Å². The van der Waals surface area contributed by atoms with Crippen molar-refractivity contribution in [3.05, 3.63) is 51.3 Å². The average molecular weight is 332 g/mol. The maximum Gasteiger partial charge on any atom is 0.136 e. The first-order valence-electron chi connectivity index (χ1n) is 5.05. The molecule has 6 heteroatoms. The van der Waals surface area contributed by atoms with E-state index < -0.39 is 0 Å². The number of aromatic nitrogens is 1. The van der Waals surface area contributed by atoms with Crippen LogP contribution in [0.25, 0.3) is 0 Å². The number of pyridine rings is 1. The summed E-state index contributed by atoms with van der Waals surface area (Å²) in [7, 11) is 0. The van der Waals surface area contributed by atoms with E-state index in [1.807, 2.05) is 0 Å². The monoisotopic (exact) mass is 330 g/mol. The Morgan fingerprint density at radius 1 is 1.33 bits per heavy atom. The lowest BCUT2D eigenvalue weighted by Crippen LogP contribution is -2.02. The third-order valence-corrected chi connectivity index (χ3v) is 3.20. The summed E-state index contributed by atoms with van der Waals surface area (Å²) >= 11 is 9.22. The highest BCUT2D eigenvalue weighted by Gasteiger charge is 2.07. The second-order valence-electron chi connectivity index (χ2n) is 3.53. The van der Waals surface area contributed by atoms with E-state index in [1.54, 1.807) is 18.2 Å². The Hall–Kier alpha value is -1.33. The van der Waals surface area contributed by atoms with Gasteiger partial charge in [-0.05, 0) is 40.2 Å². The molecule has 0 amide bonds. The molecule has 0 fully saturated rings. The second kappa shape index (κ2) is 5.54. The van der Waals surface area contributed by atoms with Gasteiger partial charge >= 0.3 is 0 Å². The van der Waals surface area contributed by atoms with E-state index in [4.69, 9.17) is 22.1 Å². The zero-order valence-electron chi connectivity index (χ0n) is 9.16. The predicted octanol–water partition coefficient (Wildman–Crippen LogP) is 3.80. The number of nitrogens with two attached hydrogens (primary N) is 1. The van der Waals surface area contributed by atoms with Crippen LogP contribution in [-0.4, -0.2) is 4.98 Å². The van der Waals surface area contributed by atoms with Crippen molar-refractivity contribution < 1.29 is 9.13 Å². The van der Waals surface area contributed by atoms with Crippen LogP contribution < -0.4 is 10.5 Å². The molecule has 94 valence electrons. The van der Waals surface area contributed by atoms with Crippen molar-refractivity contribution in [2.45, 2.75) is 6.61 Å². The van der Waals surface area contributed by atoms with E-state index >= 15 is 0 Å². The van der Waals surface area contributed by atoms with Gasteiger partial charge < -0.3 is 10.5 Å². The Morgan fingerprint density at radius 2 is 2.11 bits per heavy atom. The predicted molar refractivity (Wildman–Crippen MR) is 72.1 cm³/mol. The number of nitrogen functional groups attached to an aromatic ring is 1. The van der Waals surface area contributed by atoms with Gasteiger partial charge in [0, 0.05) is 6.07 Å². The van der Waals surface area contributed by atoms with Crippen LogP contribution in [0.15, 0.2) is 34.8 Å². The Balaban J connectivity index is 2.16. The van der Waals surface area contributed by atoms with Crippen LogP contribution in [0.3, 0.4) is 0 Å². The number of hydrogen-bond acceptors (Lipinski definition) is 3. The molecule has 0 atom stereocenters. The molecule has 0 aliphatic heterocycles. The molecule has 3 nitrogen and oxygen atoms in total. The first kappa shape index (κ1) is 13.1. The van der Waals surface area contributed by atoms with E-state index in [0.717, 1.165) is 0 Å². The summed E-state index contributed by atoms with van der Waals surface area (Å²) < 4.78 is 19.2. The van der Waals surface area contributed by atoms with Gasteiger partial charge in [0.2, 0.25) is 0 Å². The maximum atomic E-state index is 13.1. The minimum atomic E-state index is -0.375. The van der Waals surface area contributed by atoms with E-state index in [1.165, 1.54) is 12.1 Å². The molecule has 0 spiro atoms. The minimum absolute atomic E-state index is 0.117. The highest BCUT2D eigenvalue weighted by atomic mass is 79.9. The smallest absolute Gasteiger partial charge is 0.136 e. The first-order chi connectivity index (χ1) is 8.56. The lowest BCUT2D eigenvalue weighted by atomic mass is 10.3. The van der Waals surface area contributed by atoms with Crippen LogP contribution in [0.5, 0.6) is 5.75 Å². The lowest BCUT2D eigenvalue weighted by molar-refractivity contribution is 0.298. The molecule has 1 aromatic heterocycles. The van der Waals surface area contributed by atoms with Crippen LogP contribution in [0.1, 0.15) is 5.69 Å². The highest BCUT2D eigenvalue weighted by molar-refractivity contribution is 9.10. The van der Waals surface area contributed by atoms with Gasteiger partial charge in [0.25, 0.3) is 0 Å². The van der Waals surface area contributed by atoms with Gasteiger partial charge in [-0.3, -0.25) is 0 Å². The molecule has 2 N–H and O–H groups in total. The van der Waals surface area contributed by atoms with Crippen LogP contribution >= 0.6 is 27.5 Å². The Labute approximate surface area is 117 Å². The van der Waals surface area contributed by atoms with Gasteiger partial charge in [-0.15, -0.1) is 0 Å². The molecular weight excluding hydrogens is 322 g/mol. The van der Waals surface area contributed by atoms with Crippen molar-refractivity contribution in [1.82, 2.24) is 4.98 Å². The molecule has 0 aliphatic rings. The Kier molecular flexibility index (Phi) is 4.04. The summed E-state index contributed by atoms with van der Waals surface area (Å²) in [5.41, 5.74) is 6.06. The third-order valence-electron chi connectivity index (χ3n) is 2.20. The number of nitrogens with zero attached hydrogens (tertiary/aromatic N) is 1. The van der Waals surface area contributed by atoms with Gasteiger partial charge in [0.1, 0.15) is 24.0 Å². The van der Waals surface area contributed by atoms with Gasteiger partial charge in [-0.25, -0.2) is 9.37 Å². The number of anilines is 1. The number of ether oxygens (including phenoxy) is 1. The van der Waals surface area contributed by atoms with E-state index in [-0.39, 0.29) is 12.4 Å². The summed E-state index contributed by atoms with van der Waals surface area (Å²) in [5, 5.41) is 0.455. The van der Waals surface area contributed by atoms with Gasteiger partial charge in [0.15, 0.2) is 0 Å². The summed E-state index contributed by atoms with van der Waals surface area (Å²) in [6, 6.07) is 7.43. The SMILES string of the molecule is Nc1ccc(Cl)c(COc2cc(F)ccc2Br)n1. The first-order valence-corrected chi connectivity index (χ1v) is 6.22.